The van der Waals surface area contributed by atoms with Crippen molar-refractivity contribution in [1.82, 2.24) is 15.0 Å². The van der Waals surface area contributed by atoms with Gasteiger partial charge in [-0.1, -0.05) is 157 Å². The van der Waals surface area contributed by atoms with Crippen LogP contribution in [0, 0.1) is 0 Å². The summed E-state index contributed by atoms with van der Waals surface area (Å²) in [6.45, 7) is 0. The van der Waals surface area contributed by atoms with Gasteiger partial charge in [0.15, 0.2) is 12.9 Å². The predicted molar refractivity (Wildman–Crippen MR) is 246 cm³/mol. The molecule has 7 aromatic carbocycles. The second kappa shape index (κ2) is 19.7. The molecular formula is C51H38LiN3O5P2. The van der Waals surface area contributed by atoms with Crippen molar-refractivity contribution in [3.8, 4) is 17.2 Å². The number of rotatable bonds is 7. The van der Waals surface area contributed by atoms with Crippen molar-refractivity contribution in [3.05, 3.63) is 225 Å². The van der Waals surface area contributed by atoms with Crippen LogP contribution in [0.5, 0.6) is 17.2 Å². The van der Waals surface area contributed by atoms with E-state index in [1.807, 2.05) is 182 Å². The molecular weight excluding hydrogens is 803 g/mol. The summed E-state index contributed by atoms with van der Waals surface area (Å²) >= 11 is 0. The summed E-state index contributed by atoms with van der Waals surface area (Å²) in [5.41, 5.74) is 1.72. The molecule has 0 radical (unpaired) electrons. The molecule has 3 heterocycles. The third-order valence-corrected chi connectivity index (χ3v) is 15.4. The topological polar surface area (TPSA) is 125 Å². The number of pyridine rings is 3. The SMILES string of the molecule is O=P(Oc1cccc2cccnc12)(c1ccccc1)c1ccccc1.O=P(c1ccccc1)(c1ccccc1)c1ccc2cccnc2c1[O-].Oc1cccc2cccnc12.[Li+]. The molecule has 10 aromatic rings. The second-order valence-corrected chi connectivity index (χ2v) is 18.8. The van der Waals surface area contributed by atoms with Gasteiger partial charge in [-0.2, -0.15) is 0 Å². The zero-order valence-electron chi connectivity index (χ0n) is 33.7. The predicted octanol–water partition coefficient (Wildman–Crippen LogP) is 6.43. The van der Waals surface area contributed by atoms with E-state index >= 15 is 0 Å². The maximum Gasteiger partial charge on any atom is 1.00 e. The second-order valence-electron chi connectivity index (χ2n) is 13.8. The van der Waals surface area contributed by atoms with Gasteiger partial charge >= 0.3 is 26.2 Å². The van der Waals surface area contributed by atoms with Gasteiger partial charge in [0.2, 0.25) is 0 Å². The normalized spacial score (nSPS) is 11.0. The average molecular weight is 842 g/mol. The summed E-state index contributed by atoms with van der Waals surface area (Å²) in [4.78, 5) is 12.6. The fourth-order valence-electron chi connectivity index (χ4n) is 6.94. The summed E-state index contributed by atoms with van der Waals surface area (Å²) < 4.78 is 34.4. The van der Waals surface area contributed by atoms with E-state index in [0.717, 1.165) is 16.2 Å². The minimum atomic E-state index is -3.29. The Morgan fingerprint density at radius 2 is 0.823 bits per heavy atom. The number of aromatic hydroxyl groups is 1. The van der Waals surface area contributed by atoms with Gasteiger partial charge in [0.25, 0.3) is 0 Å². The standard InChI is InChI=1S/2C21H16NO2P.C9H7NO.Li/c23-25(18-11-3-1-4-12-18,19-13-5-2-6-14-19)24-20-15-7-9-17-10-8-16-22-21(17)20;23-21-19(14-13-16-8-7-15-22-20(16)21)25(24,17-9-3-1-4-10-17)18-11-5-2-6-12-18;11-8-5-1-3-7-4-2-6-10-9(7)8;/h1-16H;1-15,23H;1-6,11H;/q;;;+1/p-1. The summed E-state index contributed by atoms with van der Waals surface area (Å²) in [5, 5.41) is 28.0. The summed E-state index contributed by atoms with van der Waals surface area (Å²) in [7, 11) is -6.56. The van der Waals surface area contributed by atoms with Crippen molar-refractivity contribution in [1.29, 1.82) is 0 Å². The first kappa shape index (κ1) is 43.3. The Hall–Kier alpha value is -6.77. The van der Waals surface area contributed by atoms with E-state index in [4.69, 9.17) is 4.52 Å². The molecule has 11 heteroatoms. The van der Waals surface area contributed by atoms with Gasteiger partial charge in [0, 0.05) is 45.3 Å². The minimum absolute atomic E-state index is 0. The van der Waals surface area contributed by atoms with Gasteiger partial charge in [-0.25, -0.2) is 0 Å². The molecule has 0 bridgehead atoms. The van der Waals surface area contributed by atoms with E-state index in [9.17, 15) is 19.3 Å². The monoisotopic (exact) mass is 841 g/mol. The Bertz CT molecular complexity index is 3070. The van der Waals surface area contributed by atoms with Crippen LogP contribution in [0.25, 0.3) is 32.7 Å². The van der Waals surface area contributed by atoms with E-state index in [1.165, 1.54) is 0 Å². The zero-order chi connectivity index (χ0) is 42.1. The van der Waals surface area contributed by atoms with Crippen LogP contribution in [0.2, 0.25) is 0 Å². The van der Waals surface area contributed by atoms with Crippen molar-refractivity contribution in [2.24, 2.45) is 0 Å². The van der Waals surface area contributed by atoms with Crippen LogP contribution in [0.4, 0.5) is 0 Å². The van der Waals surface area contributed by atoms with E-state index in [0.29, 0.717) is 48.8 Å². The van der Waals surface area contributed by atoms with Crippen LogP contribution in [-0.4, -0.2) is 20.1 Å². The Morgan fingerprint density at radius 3 is 1.32 bits per heavy atom. The molecule has 0 fully saturated rings. The van der Waals surface area contributed by atoms with Crippen LogP contribution in [0.3, 0.4) is 0 Å². The van der Waals surface area contributed by atoms with Crippen molar-refractivity contribution < 1.29 is 42.7 Å². The van der Waals surface area contributed by atoms with Crippen molar-refractivity contribution in [2.45, 2.75) is 0 Å². The van der Waals surface area contributed by atoms with Gasteiger partial charge < -0.3 is 19.3 Å². The van der Waals surface area contributed by atoms with Crippen molar-refractivity contribution in [2.75, 3.05) is 0 Å². The van der Waals surface area contributed by atoms with E-state index in [2.05, 4.69) is 15.0 Å². The molecule has 0 aliphatic carbocycles. The number of phenols is 1. The smallest absolute Gasteiger partial charge is 0.870 e. The number of phenolic OH excluding ortho intramolecular Hbond substituents is 1. The molecule has 0 spiro atoms. The first-order chi connectivity index (χ1) is 29.9. The Kier molecular flexibility index (Phi) is 13.8. The van der Waals surface area contributed by atoms with Crippen LogP contribution >= 0.6 is 14.5 Å². The number of benzene rings is 7. The van der Waals surface area contributed by atoms with E-state index < -0.39 is 14.5 Å². The number of nitrogens with zero attached hydrogens (tertiary/aromatic N) is 3. The third-order valence-electron chi connectivity index (χ3n) is 9.91. The summed E-state index contributed by atoms with van der Waals surface area (Å²) in [6.07, 6.45) is 4.97. The molecule has 0 aliphatic heterocycles. The minimum Gasteiger partial charge on any atom is -0.870 e. The van der Waals surface area contributed by atoms with Crippen LogP contribution in [-0.2, 0) is 9.13 Å². The average Bonchev–Trinajstić information content (AvgIpc) is 3.33. The maximum absolute atomic E-state index is 14.3. The molecule has 298 valence electrons. The molecule has 10 rings (SSSR count). The number of hydrogen-bond donors (Lipinski definition) is 1. The third kappa shape index (κ3) is 9.11. The molecule has 8 nitrogen and oxygen atoms in total. The number of fused-ring (bicyclic) bond motifs is 3. The fourth-order valence-corrected chi connectivity index (χ4v) is 11.7. The number of aromatic nitrogens is 3. The van der Waals surface area contributed by atoms with Crippen molar-refractivity contribution in [3.63, 3.8) is 0 Å². The van der Waals surface area contributed by atoms with Gasteiger partial charge in [-0.15, -0.1) is 0 Å². The quantitative estimate of drug-likeness (QED) is 0.144. The maximum atomic E-state index is 14.3. The Morgan fingerprint density at radius 1 is 0.419 bits per heavy atom. The molecule has 3 aromatic heterocycles. The van der Waals surface area contributed by atoms with Crippen LogP contribution in [0.1, 0.15) is 0 Å². The van der Waals surface area contributed by atoms with Gasteiger partial charge in [0.05, 0.1) is 16.1 Å². The van der Waals surface area contributed by atoms with E-state index in [1.54, 1.807) is 42.9 Å². The molecule has 0 amide bonds. The molecule has 0 aliphatic rings. The van der Waals surface area contributed by atoms with Crippen LogP contribution in [0.15, 0.2) is 225 Å². The van der Waals surface area contributed by atoms with Gasteiger partial charge in [-0.3, -0.25) is 19.5 Å². The molecule has 0 atom stereocenters. The summed E-state index contributed by atoms with van der Waals surface area (Å²) in [5.74, 6) is 0.492. The molecule has 0 unspecified atom stereocenters. The fraction of sp³-hybridized carbons (Fsp3) is 0. The number of para-hydroxylation sites is 2. The Labute approximate surface area is 371 Å². The molecule has 0 saturated carbocycles. The largest absolute Gasteiger partial charge is 1.00 e. The first-order valence-electron chi connectivity index (χ1n) is 19.4. The van der Waals surface area contributed by atoms with Crippen molar-refractivity contribution >= 4 is 73.7 Å². The Balaban J connectivity index is 0.000000149. The first-order valence-corrected chi connectivity index (χ1v) is 22.7. The molecule has 62 heavy (non-hydrogen) atoms. The molecule has 1 N–H and O–H groups in total. The van der Waals surface area contributed by atoms with Gasteiger partial charge in [-0.05, 0) is 60.0 Å². The zero-order valence-corrected chi connectivity index (χ0v) is 35.5. The summed E-state index contributed by atoms with van der Waals surface area (Å²) in [6, 6.07) is 62.8. The van der Waals surface area contributed by atoms with E-state index in [-0.39, 0.29) is 30.4 Å². The van der Waals surface area contributed by atoms with Gasteiger partial charge in [0.1, 0.15) is 16.8 Å². The van der Waals surface area contributed by atoms with Crippen LogP contribution < -0.4 is 55.0 Å². The molecule has 0 saturated heterocycles. The number of hydrogen-bond acceptors (Lipinski definition) is 8.